The maximum Gasteiger partial charge on any atom is 0.261 e. The largest absolute Gasteiger partial charge is 0.461 e. The van der Waals surface area contributed by atoms with Crippen LogP contribution in [-0.2, 0) is 25.4 Å². The maximum absolute atomic E-state index is 13.7. The van der Waals surface area contributed by atoms with Crippen molar-refractivity contribution in [1.29, 1.82) is 0 Å². The van der Waals surface area contributed by atoms with Gasteiger partial charge in [0.25, 0.3) is 8.32 Å². The third-order valence-electron chi connectivity index (χ3n) is 9.98. The number of ether oxygens (including phenoxy) is 1. The fourth-order valence-corrected chi connectivity index (χ4v) is 12.6. The van der Waals surface area contributed by atoms with Crippen molar-refractivity contribution in [1.82, 2.24) is 4.90 Å². The van der Waals surface area contributed by atoms with Crippen molar-refractivity contribution in [2.45, 2.75) is 70.5 Å². The topological polar surface area (TPSA) is 109 Å². The van der Waals surface area contributed by atoms with Gasteiger partial charge in [-0.15, -0.1) is 0 Å². The number of nitrogens with zero attached hydrogens (tertiary/aromatic N) is 1. The minimum Gasteiger partial charge on any atom is -0.461 e. The van der Waals surface area contributed by atoms with Crippen LogP contribution in [0.2, 0.25) is 5.04 Å². The van der Waals surface area contributed by atoms with Gasteiger partial charge >= 0.3 is 0 Å². The van der Waals surface area contributed by atoms with Crippen LogP contribution in [0, 0.1) is 23.7 Å². The molecule has 6 rings (SSSR count). The van der Waals surface area contributed by atoms with E-state index in [0.29, 0.717) is 30.9 Å². The van der Waals surface area contributed by atoms with Gasteiger partial charge in [-0.2, -0.15) is 0 Å². The highest BCUT2D eigenvalue weighted by molar-refractivity contribution is 6.99. The Hall–Kier alpha value is -3.08. The van der Waals surface area contributed by atoms with E-state index in [1.807, 2.05) is 43.3 Å². The lowest BCUT2D eigenvalue weighted by molar-refractivity contribution is -0.274. The fraction of sp³-hybridized carbons (Fsp3) is 0.486. The average Bonchev–Trinajstić information content (AvgIpc) is 3.70. The third-order valence-corrected chi connectivity index (χ3v) is 15.0. The van der Waals surface area contributed by atoms with E-state index >= 15 is 0 Å². The molecule has 1 aromatic heterocycles. The maximum atomic E-state index is 13.7. The number of hydrogen-bond acceptors (Lipinski definition) is 7. The summed E-state index contributed by atoms with van der Waals surface area (Å²) >= 11 is 0. The molecule has 0 radical (unpaired) electrons. The number of benzene rings is 2. The fourth-order valence-electron chi connectivity index (χ4n) is 8.00. The predicted molar refractivity (Wildman–Crippen MR) is 167 cm³/mol. The number of amides is 2. The Morgan fingerprint density at radius 3 is 2.14 bits per heavy atom. The van der Waals surface area contributed by atoms with Crippen LogP contribution in [0.15, 0.2) is 77.2 Å². The molecule has 44 heavy (non-hydrogen) atoms. The number of likely N-dealkylation sites (tertiary alicyclic amines) is 1. The van der Waals surface area contributed by atoms with Crippen molar-refractivity contribution in [3.05, 3.63) is 84.3 Å². The molecule has 2 saturated heterocycles. The van der Waals surface area contributed by atoms with E-state index in [4.69, 9.17) is 13.6 Å². The van der Waals surface area contributed by atoms with Gasteiger partial charge in [0, 0.05) is 25.0 Å². The first-order valence-corrected chi connectivity index (χ1v) is 17.7. The molecular weight excluding hydrogens is 574 g/mol. The second-order valence-corrected chi connectivity index (χ2v) is 17.8. The highest BCUT2D eigenvalue weighted by atomic mass is 28.4. The van der Waals surface area contributed by atoms with Gasteiger partial charge in [0.05, 0.1) is 11.8 Å². The molecule has 2 amide bonds. The number of carbonyl (C=O) groups excluding carboxylic acids is 2. The van der Waals surface area contributed by atoms with E-state index < -0.39 is 43.9 Å². The lowest BCUT2D eigenvalue weighted by Gasteiger charge is -2.48. The minimum absolute atomic E-state index is 0.158. The molecule has 3 aliphatic rings. The van der Waals surface area contributed by atoms with Gasteiger partial charge in [0.1, 0.15) is 24.2 Å². The Morgan fingerprint density at radius 2 is 1.59 bits per heavy atom. The Bertz CT molecular complexity index is 1450. The van der Waals surface area contributed by atoms with E-state index in [-0.39, 0.29) is 36.5 Å². The summed E-state index contributed by atoms with van der Waals surface area (Å²) in [6.07, 6.45) is 0.655. The van der Waals surface area contributed by atoms with E-state index in [1.54, 1.807) is 12.1 Å². The summed E-state index contributed by atoms with van der Waals surface area (Å²) in [5.74, 6) is -3.59. The van der Waals surface area contributed by atoms with Gasteiger partial charge in [-0.25, -0.2) is 0 Å². The summed E-state index contributed by atoms with van der Waals surface area (Å²) in [5.41, 5.74) is 0. The number of fused-ring (bicyclic) bond motifs is 3. The van der Waals surface area contributed by atoms with Crippen molar-refractivity contribution in [3.8, 4) is 0 Å². The average molecular weight is 618 g/mol. The number of aliphatic hydroxyl groups excluding tert-OH is 1. The van der Waals surface area contributed by atoms with Crippen LogP contribution in [-0.4, -0.2) is 54.2 Å². The minimum atomic E-state index is -2.96. The number of rotatable bonds is 9. The van der Waals surface area contributed by atoms with E-state index in [1.165, 1.54) is 4.90 Å². The smallest absolute Gasteiger partial charge is 0.261 e. The van der Waals surface area contributed by atoms with Gasteiger partial charge in [0.15, 0.2) is 5.79 Å². The Morgan fingerprint density at radius 1 is 0.955 bits per heavy atom. The second kappa shape index (κ2) is 11.7. The van der Waals surface area contributed by atoms with Crippen LogP contribution < -0.4 is 10.4 Å². The molecule has 3 fully saturated rings. The van der Waals surface area contributed by atoms with Crippen LogP contribution in [0.1, 0.15) is 64.6 Å². The van der Waals surface area contributed by atoms with Crippen molar-refractivity contribution in [3.63, 3.8) is 0 Å². The van der Waals surface area contributed by atoms with Gasteiger partial charge < -0.3 is 23.8 Å². The number of imide groups is 1. The van der Waals surface area contributed by atoms with E-state index in [2.05, 4.69) is 45.0 Å². The molecule has 0 bridgehead atoms. The van der Waals surface area contributed by atoms with Crippen LogP contribution >= 0.6 is 0 Å². The summed E-state index contributed by atoms with van der Waals surface area (Å²) in [4.78, 5) is 28.8. The Balaban J connectivity index is 1.41. The lowest BCUT2D eigenvalue weighted by Crippen LogP contribution is -2.67. The Labute approximate surface area is 260 Å². The molecule has 0 spiro atoms. The molecule has 0 unspecified atom stereocenters. The molecule has 8 nitrogen and oxygen atoms in total. The molecule has 1 aliphatic carbocycles. The zero-order valence-corrected chi connectivity index (χ0v) is 26.9. The number of hydrogen-bond donors (Lipinski definition) is 2. The summed E-state index contributed by atoms with van der Waals surface area (Å²) in [7, 11) is -2.96. The van der Waals surface area contributed by atoms with Crippen LogP contribution in [0.4, 0.5) is 0 Å². The van der Waals surface area contributed by atoms with Gasteiger partial charge in [-0.05, 0) is 46.8 Å². The molecule has 3 aromatic rings. The molecule has 234 valence electrons. The molecule has 6 atom stereocenters. The number of aliphatic hydroxyl groups is 2. The quantitative estimate of drug-likeness (QED) is 0.274. The van der Waals surface area contributed by atoms with Gasteiger partial charge in [-0.1, -0.05) is 88.4 Å². The first-order chi connectivity index (χ1) is 21.0. The number of furan rings is 1. The molecule has 2 aromatic carbocycles. The van der Waals surface area contributed by atoms with Crippen molar-refractivity contribution in [2.24, 2.45) is 23.7 Å². The van der Waals surface area contributed by atoms with Crippen molar-refractivity contribution >= 4 is 30.5 Å². The van der Waals surface area contributed by atoms with E-state index in [0.717, 1.165) is 10.4 Å². The normalized spacial score (nSPS) is 28.8. The molecule has 1 saturated carbocycles. The van der Waals surface area contributed by atoms with Gasteiger partial charge in [-0.3, -0.25) is 14.5 Å². The molecular formula is C35H43NO7Si. The van der Waals surface area contributed by atoms with Crippen LogP contribution in [0.5, 0.6) is 0 Å². The zero-order chi connectivity index (χ0) is 31.3. The van der Waals surface area contributed by atoms with Gasteiger partial charge in [0.2, 0.25) is 11.8 Å². The van der Waals surface area contributed by atoms with Crippen molar-refractivity contribution < 1.29 is 33.4 Å². The molecule has 2 aliphatic heterocycles. The summed E-state index contributed by atoms with van der Waals surface area (Å²) in [6.45, 7) is 8.82. The monoisotopic (exact) mass is 617 g/mol. The lowest BCUT2D eigenvalue weighted by atomic mass is 9.64. The van der Waals surface area contributed by atoms with Crippen LogP contribution in [0.3, 0.4) is 0 Å². The Kier molecular flexibility index (Phi) is 8.21. The van der Waals surface area contributed by atoms with Crippen LogP contribution in [0.25, 0.3) is 0 Å². The third kappa shape index (κ3) is 4.89. The second-order valence-electron chi connectivity index (χ2n) is 13.5. The first-order valence-electron chi connectivity index (χ1n) is 15.7. The summed E-state index contributed by atoms with van der Waals surface area (Å²) in [5, 5.41) is 24.1. The van der Waals surface area contributed by atoms with Crippen molar-refractivity contribution in [2.75, 3.05) is 13.2 Å². The number of carbonyl (C=O) groups is 2. The zero-order valence-electron chi connectivity index (χ0n) is 25.9. The molecule has 3 heterocycles. The highest BCUT2D eigenvalue weighted by Crippen LogP contribution is 2.58. The highest BCUT2D eigenvalue weighted by Gasteiger charge is 2.67. The standard InChI is InChI=1S/C35H43NO7Si/c1-5-18-36-32(38)27-19-23(35(40)28(31(27)33(36)39)20-30(43-35)29-17-16-24(21-37)42-29)22-41-44(34(2,3)4,25-12-8-6-9-13-25)26-14-10-7-11-15-26/h6-17,23,27-28,30-31,37,40H,5,18-22H2,1-4H3/t23-,27+,28+,30+,31+,35-/m1/s1. The summed E-state index contributed by atoms with van der Waals surface area (Å²) in [6, 6.07) is 24.0. The predicted octanol–water partition coefficient (Wildman–Crippen LogP) is 4.15. The summed E-state index contributed by atoms with van der Waals surface area (Å²) < 4.78 is 19.6. The van der Waals surface area contributed by atoms with E-state index in [9.17, 15) is 19.8 Å². The molecule has 9 heteroatoms. The first kappa shape index (κ1) is 30.9. The SMILES string of the molecule is CCCN1C(=O)[C@H]2[C@H](C[C@H](CO[Si](c3ccccc3)(c3ccccc3)C(C)(C)C)[C@@]3(O)O[C@H](c4ccc(CO)o4)C[C@@H]23)C1=O. The molecule has 2 N–H and O–H groups in total.